The van der Waals surface area contributed by atoms with Gasteiger partial charge in [0.15, 0.2) is 0 Å². The molecule has 8 nitrogen and oxygen atoms in total. The van der Waals surface area contributed by atoms with Gasteiger partial charge in [-0.1, -0.05) is 48.0 Å². The molecule has 1 atom stereocenters. The smallest absolute Gasteiger partial charge is 0.264 e. The molecule has 0 aliphatic rings. The second-order valence-corrected chi connectivity index (χ2v) is 12.9. The van der Waals surface area contributed by atoms with E-state index in [9.17, 15) is 18.0 Å². The highest BCUT2D eigenvalue weighted by atomic mass is 32.2. The van der Waals surface area contributed by atoms with E-state index in [1.807, 2.05) is 65.0 Å². The Bertz CT molecular complexity index is 1400. The first-order valence-electron chi connectivity index (χ1n) is 13.8. The summed E-state index contributed by atoms with van der Waals surface area (Å²) in [6.45, 7) is 11.3. The highest BCUT2D eigenvalue weighted by molar-refractivity contribution is 7.92. The maximum atomic E-state index is 14.0. The summed E-state index contributed by atoms with van der Waals surface area (Å²) in [7, 11) is -4.14. The zero-order chi connectivity index (χ0) is 30.2. The number of sulfonamides is 1. The Morgan fingerprint density at radius 2 is 1.54 bits per heavy atom. The molecule has 0 aliphatic heterocycles. The van der Waals surface area contributed by atoms with Gasteiger partial charge in [-0.3, -0.25) is 13.9 Å². The maximum Gasteiger partial charge on any atom is 0.264 e. The molecule has 0 spiro atoms. The predicted molar refractivity (Wildman–Crippen MR) is 163 cm³/mol. The Kier molecular flexibility index (Phi) is 10.6. The molecule has 0 radical (unpaired) electrons. The van der Waals surface area contributed by atoms with Crippen LogP contribution in [-0.2, 0) is 26.0 Å². The van der Waals surface area contributed by atoms with Gasteiger partial charge >= 0.3 is 0 Å². The molecule has 0 fully saturated rings. The molecule has 3 rings (SSSR count). The standard InChI is InChI=1S/C32H41N3O5S/c1-7-40-28-17-19-29(20-18-28)41(38,39)35(27-15-13-24(2)14-16-27)23-30(36)34(22-21-26-11-9-8-10-12-26)25(3)31(37)33-32(4,5)6/h8-20,25H,7,21-23H2,1-6H3,(H,33,37)/t25-/m1/s1. The number of nitrogens with one attached hydrogen (secondary N) is 1. The third kappa shape index (κ3) is 8.82. The van der Waals surface area contributed by atoms with Crippen molar-refractivity contribution in [3.05, 3.63) is 90.0 Å². The molecule has 0 aromatic heterocycles. The van der Waals surface area contributed by atoms with E-state index < -0.39 is 34.1 Å². The molecule has 0 saturated heterocycles. The molecule has 0 aliphatic carbocycles. The van der Waals surface area contributed by atoms with E-state index in [4.69, 9.17) is 4.74 Å². The lowest BCUT2D eigenvalue weighted by Crippen LogP contribution is -2.55. The Hall–Kier alpha value is -3.85. The topological polar surface area (TPSA) is 96.0 Å². The number of benzene rings is 3. The van der Waals surface area contributed by atoms with Crippen molar-refractivity contribution in [2.45, 2.75) is 64.4 Å². The second-order valence-electron chi connectivity index (χ2n) is 11.0. The molecule has 41 heavy (non-hydrogen) atoms. The number of rotatable bonds is 12. The maximum absolute atomic E-state index is 14.0. The van der Waals surface area contributed by atoms with Gasteiger partial charge in [-0.05, 0) is 89.9 Å². The molecular weight excluding hydrogens is 538 g/mol. The number of carbonyl (C=O) groups is 2. The van der Waals surface area contributed by atoms with Gasteiger partial charge in [-0.25, -0.2) is 8.42 Å². The van der Waals surface area contributed by atoms with Crippen LogP contribution in [0.3, 0.4) is 0 Å². The number of hydrogen-bond donors (Lipinski definition) is 1. The van der Waals surface area contributed by atoms with Crippen molar-refractivity contribution in [2.24, 2.45) is 0 Å². The van der Waals surface area contributed by atoms with E-state index in [-0.39, 0.29) is 17.3 Å². The summed E-state index contributed by atoms with van der Waals surface area (Å²) in [4.78, 5) is 28.6. The van der Waals surface area contributed by atoms with Crippen LogP contribution in [0.1, 0.15) is 45.7 Å². The van der Waals surface area contributed by atoms with Crippen molar-refractivity contribution in [1.29, 1.82) is 0 Å². The summed E-state index contributed by atoms with van der Waals surface area (Å²) in [6.07, 6.45) is 0.510. The third-order valence-corrected chi connectivity index (χ3v) is 8.26. The van der Waals surface area contributed by atoms with Crippen molar-refractivity contribution >= 4 is 27.5 Å². The molecule has 1 N–H and O–H groups in total. The second kappa shape index (κ2) is 13.7. The summed E-state index contributed by atoms with van der Waals surface area (Å²) in [5.41, 5.74) is 1.82. The van der Waals surface area contributed by atoms with Gasteiger partial charge < -0.3 is 15.0 Å². The van der Waals surface area contributed by atoms with E-state index in [0.717, 1.165) is 15.4 Å². The van der Waals surface area contributed by atoms with E-state index in [1.54, 1.807) is 43.3 Å². The Balaban J connectivity index is 1.98. The zero-order valence-corrected chi connectivity index (χ0v) is 25.6. The van der Waals surface area contributed by atoms with Crippen LogP contribution in [0.4, 0.5) is 5.69 Å². The summed E-state index contributed by atoms with van der Waals surface area (Å²) >= 11 is 0. The minimum atomic E-state index is -4.14. The van der Waals surface area contributed by atoms with Gasteiger partial charge in [0.1, 0.15) is 18.3 Å². The highest BCUT2D eigenvalue weighted by Gasteiger charge is 2.33. The third-order valence-electron chi connectivity index (χ3n) is 6.47. The van der Waals surface area contributed by atoms with Gasteiger partial charge in [0, 0.05) is 12.1 Å². The number of hydrogen-bond acceptors (Lipinski definition) is 5. The van der Waals surface area contributed by atoms with Crippen LogP contribution in [0, 0.1) is 6.92 Å². The van der Waals surface area contributed by atoms with Crippen LogP contribution < -0.4 is 14.4 Å². The summed E-state index contributed by atoms with van der Waals surface area (Å²) in [5, 5.41) is 2.94. The minimum Gasteiger partial charge on any atom is -0.494 e. The van der Waals surface area contributed by atoms with Crippen LogP contribution in [0.25, 0.3) is 0 Å². The molecule has 0 unspecified atom stereocenters. The lowest BCUT2D eigenvalue weighted by molar-refractivity contribution is -0.139. The van der Waals surface area contributed by atoms with Crippen molar-refractivity contribution in [3.8, 4) is 5.75 Å². The molecule has 9 heteroatoms. The van der Waals surface area contributed by atoms with Gasteiger partial charge in [0.2, 0.25) is 11.8 Å². The average molecular weight is 580 g/mol. The van der Waals surface area contributed by atoms with Crippen LogP contribution in [-0.4, -0.2) is 56.4 Å². The van der Waals surface area contributed by atoms with Crippen LogP contribution in [0.2, 0.25) is 0 Å². The monoisotopic (exact) mass is 579 g/mol. The van der Waals surface area contributed by atoms with Crippen LogP contribution >= 0.6 is 0 Å². The fourth-order valence-corrected chi connectivity index (χ4v) is 5.70. The number of nitrogens with zero attached hydrogens (tertiary/aromatic N) is 2. The Morgan fingerprint density at radius 1 is 0.927 bits per heavy atom. The molecule has 0 saturated carbocycles. The van der Waals surface area contributed by atoms with Gasteiger partial charge in [-0.15, -0.1) is 0 Å². The summed E-state index contributed by atoms with van der Waals surface area (Å²) in [6, 6.07) is 21.9. The first-order valence-corrected chi connectivity index (χ1v) is 15.2. The number of aryl methyl sites for hydroxylation is 1. The number of anilines is 1. The highest BCUT2D eigenvalue weighted by Crippen LogP contribution is 2.26. The fraction of sp³-hybridized carbons (Fsp3) is 0.375. The van der Waals surface area contributed by atoms with Gasteiger partial charge in [-0.2, -0.15) is 0 Å². The fourth-order valence-electron chi connectivity index (χ4n) is 4.29. The molecule has 0 heterocycles. The first kappa shape index (κ1) is 31.7. The summed E-state index contributed by atoms with van der Waals surface area (Å²) in [5.74, 6) is -0.238. The lowest BCUT2D eigenvalue weighted by atomic mass is 10.1. The van der Waals surface area contributed by atoms with Gasteiger partial charge in [0.25, 0.3) is 10.0 Å². The van der Waals surface area contributed by atoms with E-state index in [0.29, 0.717) is 24.5 Å². The quantitative estimate of drug-likeness (QED) is 0.327. The van der Waals surface area contributed by atoms with E-state index in [1.165, 1.54) is 17.0 Å². The number of ether oxygens (including phenoxy) is 1. The van der Waals surface area contributed by atoms with E-state index >= 15 is 0 Å². The number of carbonyl (C=O) groups excluding carboxylic acids is 2. The van der Waals surface area contributed by atoms with Crippen molar-refractivity contribution in [3.63, 3.8) is 0 Å². The normalized spacial score (nSPS) is 12.3. The molecule has 3 aromatic rings. The molecule has 2 amide bonds. The predicted octanol–water partition coefficient (Wildman–Crippen LogP) is 4.96. The van der Waals surface area contributed by atoms with E-state index in [2.05, 4.69) is 5.32 Å². The largest absolute Gasteiger partial charge is 0.494 e. The summed E-state index contributed by atoms with van der Waals surface area (Å²) < 4.78 is 34.5. The lowest BCUT2D eigenvalue weighted by Gasteiger charge is -2.33. The molecule has 3 aromatic carbocycles. The molecule has 0 bridgehead atoms. The average Bonchev–Trinajstić information content (AvgIpc) is 2.92. The molecule has 220 valence electrons. The number of amides is 2. The molecular formula is C32H41N3O5S. The van der Waals surface area contributed by atoms with Crippen LogP contribution in [0.15, 0.2) is 83.8 Å². The Labute approximate surface area is 244 Å². The van der Waals surface area contributed by atoms with Crippen molar-refractivity contribution in [2.75, 3.05) is 24.0 Å². The van der Waals surface area contributed by atoms with Crippen molar-refractivity contribution < 1.29 is 22.7 Å². The zero-order valence-electron chi connectivity index (χ0n) is 24.8. The van der Waals surface area contributed by atoms with Crippen molar-refractivity contribution in [1.82, 2.24) is 10.2 Å². The first-order chi connectivity index (χ1) is 19.3. The SMILES string of the molecule is CCOc1ccc(S(=O)(=O)N(CC(=O)N(CCc2ccccc2)[C@H](C)C(=O)NC(C)(C)C)c2ccc(C)cc2)cc1. The van der Waals surface area contributed by atoms with Gasteiger partial charge in [0.05, 0.1) is 17.2 Å². The minimum absolute atomic E-state index is 0.0312. The Morgan fingerprint density at radius 3 is 2.10 bits per heavy atom. The van der Waals surface area contributed by atoms with Crippen LogP contribution in [0.5, 0.6) is 5.75 Å².